The number of nitrogens with one attached hydrogen (secondary N) is 2. The van der Waals surface area contributed by atoms with Crippen LogP contribution >= 0.6 is 0 Å². The molecular weight excluding hydrogens is 268 g/mol. The lowest BCUT2D eigenvalue weighted by Gasteiger charge is -2.18. The van der Waals surface area contributed by atoms with Crippen molar-refractivity contribution in [2.75, 3.05) is 12.4 Å². The van der Waals surface area contributed by atoms with Gasteiger partial charge in [0.1, 0.15) is 6.04 Å². The second kappa shape index (κ2) is 7.67. The van der Waals surface area contributed by atoms with Crippen LogP contribution in [0.3, 0.4) is 0 Å². The molecule has 0 aromatic heterocycles. The number of ether oxygens (including phenoxy) is 1. The summed E-state index contributed by atoms with van der Waals surface area (Å²) in [7, 11) is 1.32. The van der Waals surface area contributed by atoms with E-state index < -0.39 is 18.0 Å². The summed E-state index contributed by atoms with van der Waals surface area (Å²) >= 11 is 0. The first-order valence-corrected chi connectivity index (χ1v) is 7.06. The highest BCUT2D eigenvalue weighted by Gasteiger charge is 2.22. The Morgan fingerprint density at radius 2 is 1.86 bits per heavy atom. The SMILES string of the molecule is COC(=O)C(CC(C)C)NC(=O)Nc1ccc(C)c(C)c1. The van der Waals surface area contributed by atoms with Crippen LogP contribution in [0.4, 0.5) is 10.5 Å². The normalized spacial score (nSPS) is 11.9. The van der Waals surface area contributed by atoms with Crippen molar-refractivity contribution in [1.29, 1.82) is 0 Å². The Hall–Kier alpha value is -2.04. The molecule has 1 unspecified atom stereocenters. The molecule has 0 saturated carbocycles. The molecule has 0 aliphatic rings. The molecule has 116 valence electrons. The van der Waals surface area contributed by atoms with Gasteiger partial charge in [-0.25, -0.2) is 9.59 Å². The summed E-state index contributed by atoms with van der Waals surface area (Å²) in [6.07, 6.45) is 0.535. The Bertz CT molecular complexity index is 512. The highest BCUT2D eigenvalue weighted by molar-refractivity contribution is 5.92. The van der Waals surface area contributed by atoms with Crippen LogP contribution < -0.4 is 10.6 Å². The number of urea groups is 1. The first-order chi connectivity index (χ1) is 9.83. The minimum atomic E-state index is -0.637. The number of amides is 2. The van der Waals surface area contributed by atoms with Crippen LogP contribution in [0.2, 0.25) is 0 Å². The van der Waals surface area contributed by atoms with E-state index in [4.69, 9.17) is 4.74 Å². The fraction of sp³-hybridized carbons (Fsp3) is 0.500. The maximum absolute atomic E-state index is 12.0. The number of carbonyl (C=O) groups is 2. The standard InChI is InChI=1S/C16H24N2O3/c1-10(2)8-14(15(19)21-5)18-16(20)17-13-7-6-11(3)12(4)9-13/h6-7,9-10,14H,8H2,1-5H3,(H2,17,18,20). The molecule has 5 nitrogen and oxygen atoms in total. The van der Waals surface area contributed by atoms with E-state index in [1.54, 1.807) is 0 Å². The van der Waals surface area contributed by atoms with E-state index in [0.717, 1.165) is 11.1 Å². The van der Waals surface area contributed by atoms with Crippen LogP contribution in [0.15, 0.2) is 18.2 Å². The van der Waals surface area contributed by atoms with E-state index in [0.29, 0.717) is 12.1 Å². The van der Waals surface area contributed by atoms with Crippen molar-refractivity contribution in [2.24, 2.45) is 5.92 Å². The van der Waals surface area contributed by atoms with Crippen molar-refractivity contribution in [3.63, 3.8) is 0 Å². The van der Waals surface area contributed by atoms with Crippen LogP contribution in [0.25, 0.3) is 0 Å². The van der Waals surface area contributed by atoms with Gasteiger partial charge in [0.15, 0.2) is 0 Å². The zero-order chi connectivity index (χ0) is 16.0. The van der Waals surface area contributed by atoms with Crippen LogP contribution in [-0.2, 0) is 9.53 Å². The number of rotatable bonds is 5. The molecule has 2 amide bonds. The van der Waals surface area contributed by atoms with Crippen LogP contribution in [-0.4, -0.2) is 25.2 Å². The third-order valence-corrected chi connectivity index (χ3v) is 3.26. The molecule has 0 fully saturated rings. The van der Waals surface area contributed by atoms with Gasteiger partial charge >= 0.3 is 12.0 Å². The summed E-state index contributed by atoms with van der Waals surface area (Å²) in [6.45, 7) is 7.96. The molecule has 0 aliphatic heterocycles. The third-order valence-electron chi connectivity index (χ3n) is 3.26. The minimum Gasteiger partial charge on any atom is -0.467 e. The number of aryl methyl sites for hydroxylation is 2. The molecule has 0 heterocycles. The zero-order valence-electron chi connectivity index (χ0n) is 13.3. The smallest absolute Gasteiger partial charge is 0.328 e. The van der Waals surface area contributed by atoms with Gasteiger partial charge in [-0.2, -0.15) is 0 Å². The molecule has 0 radical (unpaired) electrons. The van der Waals surface area contributed by atoms with E-state index in [2.05, 4.69) is 10.6 Å². The number of esters is 1. The quantitative estimate of drug-likeness (QED) is 0.820. The Morgan fingerprint density at radius 3 is 2.38 bits per heavy atom. The zero-order valence-corrected chi connectivity index (χ0v) is 13.3. The average Bonchev–Trinajstić information content (AvgIpc) is 2.40. The van der Waals surface area contributed by atoms with Gasteiger partial charge in [0.05, 0.1) is 7.11 Å². The summed E-state index contributed by atoms with van der Waals surface area (Å²) in [5, 5.41) is 5.39. The molecule has 1 atom stereocenters. The van der Waals surface area contributed by atoms with Crippen LogP contribution in [0.1, 0.15) is 31.4 Å². The first-order valence-electron chi connectivity index (χ1n) is 7.06. The highest BCUT2D eigenvalue weighted by Crippen LogP contribution is 2.14. The molecule has 0 saturated heterocycles. The molecule has 5 heteroatoms. The summed E-state index contributed by atoms with van der Waals surface area (Å²) in [5.74, 6) is -0.157. The number of anilines is 1. The second-order valence-corrected chi connectivity index (χ2v) is 5.60. The Morgan fingerprint density at radius 1 is 1.19 bits per heavy atom. The molecule has 21 heavy (non-hydrogen) atoms. The van der Waals surface area contributed by atoms with Crippen LogP contribution in [0.5, 0.6) is 0 Å². The molecule has 0 aliphatic carbocycles. The highest BCUT2D eigenvalue weighted by atomic mass is 16.5. The number of benzene rings is 1. The fourth-order valence-corrected chi connectivity index (χ4v) is 1.97. The summed E-state index contributed by atoms with van der Waals surface area (Å²) in [6, 6.07) is 4.62. The van der Waals surface area contributed by atoms with Gasteiger partial charge in [0.25, 0.3) is 0 Å². The van der Waals surface area contributed by atoms with Crippen molar-refractivity contribution >= 4 is 17.7 Å². The van der Waals surface area contributed by atoms with Gasteiger partial charge in [0.2, 0.25) is 0 Å². The van der Waals surface area contributed by atoms with Gasteiger partial charge in [-0.15, -0.1) is 0 Å². The lowest BCUT2D eigenvalue weighted by Crippen LogP contribution is -2.44. The number of hydrogen-bond donors (Lipinski definition) is 2. The molecule has 1 aromatic carbocycles. The van der Waals surface area contributed by atoms with Crippen molar-refractivity contribution in [1.82, 2.24) is 5.32 Å². The molecule has 2 N–H and O–H groups in total. The maximum Gasteiger partial charge on any atom is 0.328 e. The average molecular weight is 292 g/mol. The van der Waals surface area contributed by atoms with E-state index in [-0.39, 0.29) is 5.92 Å². The predicted octanol–water partition coefficient (Wildman–Crippen LogP) is 3.01. The first kappa shape index (κ1) is 17.0. The number of carbonyl (C=O) groups excluding carboxylic acids is 2. The van der Waals surface area contributed by atoms with Gasteiger partial charge in [-0.3, -0.25) is 0 Å². The Labute approximate surface area is 126 Å². The molecule has 1 aromatic rings. The summed E-state index contributed by atoms with van der Waals surface area (Å²) < 4.78 is 4.72. The summed E-state index contributed by atoms with van der Waals surface area (Å²) in [4.78, 5) is 23.7. The van der Waals surface area contributed by atoms with E-state index in [1.165, 1.54) is 7.11 Å². The lowest BCUT2D eigenvalue weighted by molar-refractivity contribution is -0.143. The topological polar surface area (TPSA) is 67.4 Å². The van der Waals surface area contributed by atoms with Crippen molar-refractivity contribution in [2.45, 2.75) is 40.2 Å². The minimum absolute atomic E-state index is 0.274. The van der Waals surface area contributed by atoms with Gasteiger partial charge in [-0.05, 0) is 49.4 Å². The molecular formula is C16H24N2O3. The monoisotopic (exact) mass is 292 g/mol. The van der Waals surface area contributed by atoms with E-state index in [9.17, 15) is 9.59 Å². The number of hydrogen-bond acceptors (Lipinski definition) is 3. The maximum atomic E-state index is 12.0. The fourth-order valence-electron chi connectivity index (χ4n) is 1.97. The van der Waals surface area contributed by atoms with Crippen molar-refractivity contribution in [3.8, 4) is 0 Å². The second-order valence-electron chi connectivity index (χ2n) is 5.60. The number of methoxy groups -OCH3 is 1. The molecule has 0 bridgehead atoms. The van der Waals surface area contributed by atoms with Gasteiger partial charge < -0.3 is 15.4 Å². The van der Waals surface area contributed by atoms with Gasteiger partial charge in [-0.1, -0.05) is 19.9 Å². The lowest BCUT2D eigenvalue weighted by atomic mass is 10.0. The summed E-state index contributed by atoms with van der Waals surface area (Å²) in [5.41, 5.74) is 2.96. The van der Waals surface area contributed by atoms with E-state index >= 15 is 0 Å². The predicted molar refractivity (Wildman–Crippen MR) is 83.3 cm³/mol. The van der Waals surface area contributed by atoms with Crippen molar-refractivity contribution < 1.29 is 14.3 Å². The van der Waals surface area contributed by atoms with E-state index in [1.807, 2.05) is 45.9 Å². The third kappa shape index (κ3) is 5.45. The largest absolute Gasteiger partial charge is 0.467 e. The Balaban J connectivity index is 2.68. The Kier molecular flexibility index (Phi) is 6.21. The van der Waals surface area contributed by atoms with Crippen molar-refractivity contribution in [3.05, 3.63) is 29.3 Å². The molecule has 0 spiro atoms. The van der Waals surface area contributed by atoms with Crippen LogP contribution in [0, 0.1) is 19.8 Å². The van der Waals surface area contributed by atoms with Gasteiger partial charge in [0, 0.05) is 5.69 Å². The molecule has 1 rings (SSSR count).